The molecule has 0 aromatic heterocycles. The summed E-state index contributed by atoms with van der Waals surface area (Å²) in [4.78, 5) is 2.31. The van der Waals surface area contributed by atoms with Crippen molar-refractivity contribution < 1.29 is 0 Å². The highest BCUT2D eigenvalue weighted by molar-refractivity contribution is 5.86. The highest BCUT2D eigenvalue weighted by Gasteiger charge is 2.23. The van der Waals surface area contributed by atoms with Gasteiger partial charge >= 0.3 is 0 Å². The summed E-state index contributed by atoms with van der Waals surface area (Å²) < 4.78 is 0. The summed E-state index contributed by atoms with van der Waals surface area (Å²) in [6.07, 6.45) is 8.86. The highest BCUT2D eigenvalue weighted by atomic mass is 15.1. The van der Waals surface area contributed by atoms with Crippen molar-refractivity contribution in [2.75, 3.05) is 14.1 Å². The van der Waals surface area contributed by atoms with E-state index in [9.17, 15) is 0 Å². The molecule has 0 bridgehead atoms. The van der Waals surface area contributed by atoms with Crippen molar-refractivity contribution >= 4 is 10.8 Å². The average Bonchev–Trinajstić information content (AvgIpc) is 2.93. The summed E-state index contributed by atoms with van der Waals surface area (Å²) in [5.74, 6) is 0.459. The van der Waals surface area contributed by atoms with Crippen LogP contribution in [0.1, 0.15) is 11.6 Å². The molecule has 1 atom stereocenters. The molecule has 0 N–H and O–H groups in total. The molecule has 19 heavy (non-hydrogen) atoms. The molecule has 0 saturated carbocycles. The van der Waals surface area contributed by atoms with Crippen LogP contribution in [0.3, 0.4) is 0 Å². The molecule has 0 fully saturated rings. The van der Waals surface area contributed by atoms with Crippen molar-refractivity contribution in [1.82, 2.24) is 4.90 Å². The van der Waals surface area contributed by atoms with Gasteiger partial charge in [0.2, 0.25) is 0 Å². The lowest BCUT2D eigenvalue weighted by molar-refractivity contribution is 0.269. The van der Waals surface area contributed by atoms with Crippen LogP contribution < -0.4 is 0 Å². The average molecular weight is 249 g/mol. The van der Waals surface area contributed by atoms with E-state index in [4.69, 9.17) is 0 Å². The number of rotatable bonds is 3. The third kappa shape index (κ3) is 2.22. The lowest BCUT2D eigenvalue weighted by Gasteiger charge is -2.29. The Bertz CT molecular complexity index is 620. The van der Waals surface area contributed by atoms with Gasteiger partial charge in [-0.3, -0.25) is 0 Å². The quantitative estimate of drug-likeness (QED) is 0.788. The molecule has 1 heteroatoms. The summed E-state index contributed by atoms with van der Waals surface area (Å²) >= 11 is 0. The Morgan fingerprint density at radius 2 is 1.58 bits per heavy atom. The van der Waals surface area contributed by atoms with Crippen molar-refractivity contribution in [3.63, 3.8) is 0 Å². The number of fused-ring (bicyclic) bond motifs is 1. The predicted molar refractivity (Wildman–Crippen MR) is 82.1 cm³/mol. The minimum absolute atomic E-state index is 0.390. The zero-order valence-corrected chi connectivity index (χ0v) is 11.5. The van der Waals surface area contributed by atoms with Gasteiger partial charge < -0.3 is 4.90 Å². The number of hydrogen-bond acceptors (Lipinski definition) is 1. The Kier molecular flexibility index (Phi) is 3.22. The normalized spacial score (nSPS) is 16.6. The molecule has 0 aliphatic heterocycles. The van der Waals surface area contributed by atoms with Crippen LogP contribution >= 0.6 is 0 Å². The van der Waals surface area contributed by atoms with Crippen LogP contribution in [0.15, 0.2) is 66.8 Å². The second kappa shape index (κ2) is 5.02. The first kappa shape index (κ1) is 12.2. The molecular weight excluding hydrogens is 230 g/mol. The van der Waals surface area contributed by atoms with E-state index in [0.717, 1.165) is 0 Å². The van der Waals surface area contributed by atoms with E-state index in [0.29, 0.717) is 12.0 Å². The summed E-state index contributed by atoms with van der Waals surface area (Å²) in [7, 11) is 4.32. The van der Waals surface area contributed by atoms with Crippen molar-refractivity contribution in [3.05, 3.63) is 72.3 Å². The summed E-state index contributed by atoms with van der Waals surface area (Å²) in [6.45, 7) is 0. The van der Waals surface area contributed by atoms with E-state index >= 15 is 0 Å². The van der Waals surface area contributed by atoms with Crippen molar-refractivity contribution in [2.24, 2.45) is 5.92 Å². The van der Waals surface area contributed by atoms with Gasteiger partial charge in [-0.25, -0.2) is 0 Å². The second-order valence-corrected chi connectivity index (χ2v) is 5.32. The summed E-state index contributed by atoms with van der Waals surface area (Å²) in [6, 6.07) is 15.6. The molecule has 2 aromatic rings. The number of benzene rings is 2. The lowest BCUT2D eigenvalue weighted by Crippen LogP contribution is -2.25. The maximum absolute atomic E-state index is 2.31. The van der Waals surface area contributed by atoms with Crippen molar-refractivity contribution in [3.8, 4) is 0 Å². The number of allylic oxidation sites excluding steroid dienone is 2. The van der Waals surface area contributed by atoms with Crippen LogP contribution in [-0.4, -0.2) is 19.0 Å². The van der Waals surface area contributed by atoms with E-state index in [-0.39, 0.29) is 0 Å². The molecule has 1 nitrogen and oxygen atoms in total. The van der Waals surface area contributed by atoms with Gasteiger partial charge in [0.1, 0.15) is 0 Å². The molecule has 96 valence electrons. The van der Waals surface area contributed by atoms with Crippen molar-refractivity contribution in [1.29, 1.82) is 0 Å². The fraction of sp³-hybridized carbons (Fsp3) is 0.222. The first-order chi connectivity index (χ1) is 9.27. The number of hydrogen-bond donors (Lipinski definition) is 0. The van der Waals surface area contributed by atoms with Gasteiger partial charge in [0.05, 0.1) is 0 Å². The zero-order chi connectivity index (χ0) is 13.2. The minimum Gasteiger partial charge on any atom is -0.301 e. The molecule has 0 spiro atoms. The monoisotopic (exact) mass is 249 g/mol. The summed E-state index contributed by atoms with van der Waals surface area (Å²) in [5.41, 5.74) is 1.41. The molecule has 0 radical (unpaired) electrons. The third-order valence-corrected chi connectivity index (χ3v) is 3.84. The fourth-order valence-electron chi connectivity index (χ4n) is 3.00. The maximum atomic E-state index is 2.31. The van der Waals surface area contributed by atoms with Crippen LogP contribution in [0.25, 0.3) is 10.8 Å². The number of nitrogens with zero attached hydrogens (tertiary/aromatic N) is 1. The second-order valence-electron chi connectivity index (χ2n) is 5.32. The summed E-state index contributed by atoms with van der Waals surface area (Å²) in [5, 5.41) is 2.68. The first-order valence-electron chi connectivity index (χ1n) is 6.76. The molecule has 2 aromatic carbocycles. The van der Waals surface area contributed by atoms with Gasteiger partial charge in [0.25, 0.3) is 0 Å². The van der Waals surface area contributed by atoms with Gasteiger partial charge in [-0.15, -0.1) is 0 Å². The van der Waals surface area contributed by atoms with Crippen LogP contribution in [0.4, 0.5) is 0 Å². The first-order valence-corrected chi connectivity index (χ1v) is 6.76. The zero-order valence-electron chi connectivity index (χ0n) is 11.5. The Hall–Kier alpha value is -1.86. The molecule has 1 aliphatic rings. The van der Waals surface area contributed by atoms with E-state index < -0.39 is 0 Å². The minimum atomic E-state index is 0.390. The SMILES string of the molecule is CN(C)C(c1cccc2ccccc12)C1C=CC=C1. The van der Waals surface area contributed by atoms with Gasteiger partial charge in [-0.05, 0) is 30.4 Å². The smallest absolute Gasteiger partial charge is 0.0445 e. The van der Waals surface area contributed by atoms with Gasteiger partial charge in [-0.1, -0.05) is 66.8 Å². The molecule has 0 saturated heterocycles. The molecule has 0 amide bonds. The van der Waals surface area contributed by atoms with E-state index in [1.165, 1.54) is 16.3 Å². The fourth-order valence-corrected chi connectivity index (χ4v) is 3.00. The molecule has 0 heterocycles. The predicted octanol–water partition coefficient (Wildman–Crippen LogP) is 4.18. The molecular formula is C18H19N. The Balaban J connectivity index is 2.15. The molecule has 3 rings (SSSR count). The Morgan fingerprint density at radius 3 is 2.32 bits per heavy atom. The molecule has 1 unspecified atom stereocenters. The molecule has 1 aliphatic carbocycles. The van der Waals surface area contributed by atoms with Crippen LogP contribution in [0, 0.1) is 5.92 Å². The largest absolute Gasteiger partial charge is 0.301 e. The van der Waals surface area contributed by atoms with Crippen molar-refractivity contribution in [2.45, 2.75) is 6.04 Å². The van der Waals surface area contributed by atoms with Gasteiger partial charge in [0, 0.05) is 12.0 Å². The Labute approximate surface area is 114 Å². The van der Waals surface area contributed by atoms with Crippen LogP contribution in [0.5, 0.6) is 0 Å². The van der Waals surface area contributed by atoms with Gasteiger partial charge in [0.15, 0.2) is 0 Å². The van der Waals surface area contributed by atoms with E-state index in [1.807, 2.05) is 0 Å². The standard InChI is InChI=1S/C18H19N/c1-19(2)18(15-9-3-4-10-15)17-13-7-11-14-8-5-6-12-16(14)17/h3-13,15,18H,1-2H3. The van der Waals surface area contributed by atoms with Gasteiger partial charge in [-0.2, -0.15) is 0 Å². The van der Waals surface area contributed by atoms with E-state index in [2.05, 4.69) is 85.8 Å². The maximum Gasteiger partial charge on any atom is 0.0445 e. The van der Waals surface area contributed by atoms with Crippen LogP contribution in [-0.2, 0) is 0 Å². The third-order valence-electron chi connectivity index (χ3n) is 3.84. The topological polar surface area (TPSA) is 3.24 Å². The Morgan fingerprint density at radius 1 is 0.895 bits per heavy atom. The lowest BCUT2D eigenvalue weighted by atomic mass is 9.89. The van der Waals surface area contributed by atoms with E-state index in [1.54, 1.807) is 0 Å². The van der Waals surface area contributed by atoms with Crippen LogP contribution in [0.2, 0.25) is 0 Å². The highest BCUT2D eigenvalue weighted by Crippen LogP contribution is 2.35.